The Balaban J connectivity index is 1.85. The predicted octanol–water partition coefficient (Wildman–Crippen LogP) is 7.89. The Kier molecular flexibility index (Phi) is 7.97. The lowest BCUT2D eigenvalue weighted by Gasteiger charge is -2.37. The highest BCUT2D eigenvalue weighted by Crippen LogP contribution is 2.37. The van der Waals surface area contributed by atoms with E-state index in [9.17, 15) is 9.90 Å². The van der Waals surface area contributed by atoms with Gasteiger partial charge in [-0.3, -0.25) is 9.69 Å². The first kappa shape index (κ1) is 25.3. The van der Waals surface area contributed by atoms with E-state index in [-0.39, 0.29) is 18.3 Å². The zero-order valence-corrected chi connectivity index (χ0v) is 21.0. The van der Waals surface area contributed by atoms with Crippen molar-refractivity contribution in [2.75, 3.05) is 0 Å². The van der Waals surface area contributed by atoms with Crippen LogP contribution in [0, 0.1) is 19.7 Å². The molecule has 36 heavy (non-hydrogen) atoms. The van der Waals surface area contributed by atoms with Crippen LogP contribution >= 0.6 is 0 Å². The van der Waals surface area contributed by atoms with Crippen molar-refractivity contribution in [3.63, 3.8) is 0 Å². The van der Waals surface area contributed by atoms with Crippen molar-refractivity contribution < 1.29 is 14.3 Å². The highest BCUT2D eigenvalue weighted by molar-refractivity contribution is 5.72. The lowest BCUT2D eigenvalue weighted by Crippen LogP contribution is -2.33. The fourth-order valence-electron chi connectivity index (χ4n) is 5.05. The number of halogens is 1. The number of carboxylic acid groups (broad SMARTS) is 1. The van der Waals surface area contributed by atoms with E-state index < -0.39 is 12.0 Å². The number of nitrogens with zero attached hydrogens (tertiary/aromatic N) is 1. The summed E-state index contributed by atoms with van der Waals surface area (Å²) in [6.07, 6.45) is -0.139. The summed E-state index contributed by atoms with van der Waals surface area (Å²) in [6.45, 7) is 6.64. The molecule has 0 aliphatic carbocycles. The van der Waals surface area contributed by atoms with Gasteiger partial charge in [0.1, 0.15) is 5.82 Å². The highest BCUT2D eigenvalue weighted by Gasteiger charge is 2.29. The molecule has 0 radical (unpaired) electrons. The summed E-state index contributed by atoms with van der Waals surface area (Å²) >= 11 is 0. The molecule has 3 nitrogen and oxygen atoms in total. The van der Waals surface area contributed by atoms with Crippen molar-refractivity contribution in [1.82, 2.24) is 4.90 Å². The molecule has 184 valence electrons. The molecule has 0 spiro atoms. The summed E-state index contributed by atoms with van der Waals surface area (Å²) < 4.78 is 15.1. The van der Waals surface area contributed by atoms with E-state index in [4.69, 9.17) is 0 Å². The first-order chi connectivity index (χ1) is 17.3. The molecule has 0 amide bonds. The maximum atomic E-state index is 15.1. The molecule has 0 saturated heterocycles. The smallest absolute Gasteiger partial charge is 0.305 e. The van der Waals surface area contributed by atoms with Gasteiger partial charge in [-0.05, 0) is 77.9 Å². The van der Waals surface area contributed by atoms with Crippen molar-refractivity contribution in [1.29, 1.82) is 0 Å². The van der Waals surface area contributed by atoms with Crippen LogP contribution in [0.4, 0.5) is 4.39 Å². The lowest BCUT2D eigenvalue weighted by molar-refractivity contribution is -0.138. The normalized spacial score (nSPS) is 12.9. The molecule has 0 saturated carbocycles. The van der Waals surface area contributed by atoms with Gasteiger partial charge in [0.25, 0.3) is 0 Å². The van der Waals surface area contributed by atoms with Crippen LogP contribution in [0.2, 0.25) is 0 Å². The van der Waals surface area contributed by atoms with Crippen molar-refractivity contribution in [3.8, 4) is 11.1 Å². The lowest BCUT2D eigenvalue weighted by atomic mass is 9.91. The third-order valence-corrected chi connectivity index (χ3v) is 6.83. The molecule has 4 heteroatoms. The number of carboxylic acids is 1. The molecule has 0 aliphatic rings. The number of hydrogen-bond acceptors (Lipinski definition) is 2. The Morgan fingerprint density at radius 3 is 2.06 bits per heavy atom. The molecule has 0 aromatic heterocycles. The third kappa shape index (κ3) is 5.89. The van der Waals surface area contributed by atoms with E-state index in [2.05, 4.69) is 11.8 Å². The minimum absolute atomic E-state index is 0.0947. The molecule has 4 rings (SSSR count). The molecule has 0 aliphatic heterocycles. The second-order valence-electron chi connectivity index (χ2n) is 9.40. The van der Waals surface area contributed by atoms with E-state index in [0.29, 0.717) is 12.1 Å². The highest BCUT2D eigenvalue weighted by atomic mass is 19.1. The summed E-state index contributed by atoms with van der Waals surface area (Å²) in [4.78, 5) is 14.3. The zero-order valence-electron chi connectivity index (χ0n) is 21.0. The van der Waals surface area contributed by atoms with E-state index in [1.807, 2.05) is 98.8 Å². The standard InChI is InChI=1S/C32H32FNO2/c1-22-11-10-12-23(2)32(22)28-17-27(18-29(33)19-28)30(20-31(35)36)34(21-25-13-6-4-7-14-25)24(3)26-15-8-5-9-16-26/h4-19,24,30H,20-21H2,1-3H3,(H,35,36)/t24-,30+/m1/s1. The van der Waals surface area contributed by atoms with Crippen LogP contribution in [0.5, 0.6) is 0 Å². The monoisotopic (exact) mass is 481 g/mol. The molecule has 4 aromatic rings. The molecule has 0 heterocycles. The minimum Gasteiger partial charge on any atom is -0.481 e. The van der Waals surface area contributed by atoms with E-state index >= 15 is 4.39 Å². The second kappa shape index (κ2) is 11.3. The number of hydrogen-bond donors (Lipinski definition) is 1. The van der Waals surface area contributed by atoms with Crippen molar-refractivity contribution >= 4 is 5.97 Å². The largest absolute Gasteiger partial charge is 0.481 e. The van der Waals surface area contributed by atoms with E-state index in [1.165, 1.54) is 6.07 Å². The van der Waals surface area contributed by atoms with Crippen LogP contribution in [0.25, 0.3) is 11.1 Å². The Morgan fingerprint density at radius 1 is 0.833 bits per heavy atom. The average molecular weight is 482 g/mol. The van der Waals surface area contributed by atoms with E-state index in [0.717, 1.165) is 33.4 Å². The molecule has 1 N–H and O–H groups in total. The number of benzene rings is 4. The molecule has 0 bridgehead atoms. The van der Waals surface area contributed by atoms with Gasteiger partial charge in [0, 0.05) is 18.6 Å². The predicted molar refractivity (Wildman–Crippen MR) is 143 cm³/mol. The van der Waals surface area contributed by atoms with Gasteiger partial charge in [0.05, 0.1) is 6.42 Å². The number of rotatable bonds is 9. The maximum absolute atomic E-state index is 15.1. The van der Waals surface area contributed by atoms with Crippen LogP contribution in [0.15, 0.2) is 97.1 Å². The fraction of sp³-hybridized carbons (Fsp3) is 0.219. The van der Waals surface area contributed by atoms with Gasteiger partial charge in [0.15, 0.2) is 0 Å². The van der Waals surface area contributed by atoms with Crippen molar-refractivity contribution in [3.05, 3.63) is 131 Å². The van der Waals surface area contributed by atoms with Gasteiger partial charge in [-0.15, -0.1) is 0 Å². The van der Waals surface area contributed by atoms with Gasteiger partial charge >= 0.3 is 5.97 Å². The van der Waals surface area contributed by atoms with Crippen LogP contribution in [0.3, 0.4) is 0 Å². The number of aryl methyl sites for hydroxylation is 2. The summed E-state index contributed by atoms with van der Waals surface area (Å²) in [7, 11) is 0. The summed E-state index contributed by atoms with van der Waals surface area (Å²) in [5.74, 6) is -1.29. The SMILES string of the molecule is Cc1cccc(C)c1-c1cc(F)cc([C@H](CC(=O)O)N(Cc2ccccc2)[C@H](C)c2ccccc2)c1. The molecule has 0 unspecified atom stereocenters. The number of aliphatic carboxylic acids is 1. The van der Waals surface area contributed by atoms with Gasteiger partial charge in [-0.2, -0.15) is 0 Å². The molecular formula is C32H32FNO2. The van der Waals surface area contributed by atoms with Gasteiger partial charge in [0.2, 0.25) is 0 Å². The molecule has 4 aromatic carbocycles. The topological polar surface area (TPSA) is 40.5 Å². The third-order valence-electron chi connectivity index (χ3n) is 6.83. The van der Waals surface area contributed by atoms with Gasteiger partial charge in [-0.1, -0.05) is 78.9 Å². The summed E-state index contributed by atoms with van der Waals surface area (Å²) in [6, 6.07) is 30.4. The summed E-state index contributed by atoms with van der Waals surface area (Å²) in [5.41, 5.74) is 6.67. The number of carbonyl (C=O) groups is 1. The fourth-order valence-corrected chi connectivity index (χ4v) is 5.05. The molecular weight excluding hydrogens is 449 g/mol. The average Bonchev–Trinajstić information content (AvgIpc) is 2.86. The second-order valence-corrected chi connectivity index (χ2v) is 9.40. The van der Waals surface area contributed by atoms with Gasteiger partial charge in [-0.25, -0.2) is 4.39 Å². The zero-order chi connectivity index (χ0) is 25.7. The van der Waals surface area contributed by atoms with Gasteiger partial charge < -0.3 is 5.11 Å². The Bertz CT molecular complexity index is 1300. The Labute approximate surface area is 212 Å². The van der Waals surface area contributed by atoms with Crippen LogP contribution < -0.4 is 0 Å². The quantitative estimate of drug-likeness (QED) is 0.264. The van der Waals surface area contributed by atoms with Crippen LogP contribution in [0.1, 0.15) is 53.2 Å². The van der Waals surface area contributed by atoms with Crippen LogP contribution in [-0.2, 0) is 11.3 Å². The maximum Gasteiger partial charge on any atom is 0.305 e. The minimum atomic E-state index is -0.920. The van der Waals surface area contributed by atoms with Crippen molar-refractivity contribution in [2.24, 2.45) is 0 Å². The van der Waals surface area contributed by atoms with Crippen molar-refractivity contribution in [2.45, 2.75) is 45.8 Å². The van der Waals surface area contributed by atoms with Crippen LogP contribution in [-0.4, -0.2) is 16.0 Å². The Morgan fingerprint density at radius 2 is 1.44 bits per heavy atom. The molecule has 0 fully saturated rings. The first-order valence-corrected chi connectivity index (χ1v) is 12.3. The first-order valence-electron chi connectivity index (χ1n) is 12.3. The Hall–Kier alpha value is -3.76. The summed E-state index contributed by atoms with van der Waals surface area (Å²) in [5, 5.41) is 9.94. The molecule has 2 atom stereocenters. The van der Waals surface area contributed by atoms with E-state index in [1.54, 1.807) is 6.07 Å².